The van der Waals surface area contributed by atoms with Crippen LogP contribution in [0.3, 0.4) is 0 Å². The van der Waals surface area contributed by atoms with Gasteiger partial charge in [0, 0.05) is 48.2 Å². The number of nitrogens with zero attached hydrogens (tertiary/aromatic N) is 1. The average Bonchev–Trinajstić information content (AvgIpc) is 3.30. The van der Waals surface area contributed by atoms with Crippen molar-refractivity contribution in [3.8, 4) is 0 Å². The minimum absolute atomic E-state index is 0.0883. The lowest BCUT2D eigenvalue weighted by molar-refractivity contribution is 0.127. The maximum absolute atomic E-state index is 8.96. The molecule has 160 valence electrons. The highest BCUT2D eigenvalue weighted by Crippen LogP contribution is 2.55. The average molecular weight is 420 g/mol. The van der Waals surface area contributed by atoms with Gasteiger partial charge in [-0.05, 0) is 67.1 Å². The second-order valence-electron chi connectivity index (χ2n) is 10.5. The van der Waals surface area contributed by atoms with Crippen molar-refractivity contribution < 1.29 is 11.6 Å². The van der Waals surface area contributed by atoms with Crippen molar-refractivity contribution >= 4 is 17.5 Å². The van der Waals surface area contributed by atoms with E-state index in [-0.39, 0.29) is 35.3 Å². The molecular weight excluding hydrogens is 376 g/mol. The van der Waals surface area contributed by atoms with E-state index >= 15 is 0 Å². The van der Waals surface area contributed by atoms with E-state index in [0.717, 1.165) is 38.0 Å². The fraction of sp³-hybridized carbons (Fsp3) is 0.800. The smallest absolute Gasteiger partial charge is 0.192 e. The van der Waals surface area contributed by atoms with Gasteiger partial charge >= 0.3 is 0 Å². The van der Waals surface area contributed by atoms with Gasteiger partial charge in [-0.2, -0.15) is 0 Å². The third-order valence-electron chi connectivity index (χ3n) is 7.33. The van der Waals surface area contributed by atoms with E-state index in [1.165, 1.54) is 10.5 Å². The van der Waals surface area contributed by atoms with E-state index in [4.69, 9.17) is 11.6 Å². The van der Waals surface area contributed by atoms with Crippen molar-refractivity contribution in [3.05, 3.63) is 22.3 Å². The number of nitrogens with one attached hydrogen (secondary N) is 1. The summed E-state index contributed by atoms with van der Waals surface area (Å²) in [5.41, 5.74) is 1.20. The van der Waals surface area contributed by atoms with Gasteiger partial charge in [-0.1, -0.05) is 33.8 Å². The lowest BCUT2D eigenvalue weighted by atomic mass is 9.72. The van der Waals surface area contributed by atoms with Crippen molar-refractivity contribution in [2.75, 3.05) is 6.54 Å². The number of allylic oxidation sites excluding steroid dienone is 1. The number of fused-ring (bicyclic) bond motifs is 4. The summed E-state index contributed by atoms with van der Waals surface area (Å²) in [5.74, 6) is 2.10. The van der Waals surface area contributed by atoms with Crippen LogP contribution >= 0.6 is 11.8 Å². The molecule has 0 aromatic carbocycles. The molecule has 1 N–H and O–H groups in total. The molecule has 3 unspecified atom stereocenters. The molecule has 0 bridgehead atoms. The van der Waals surface area contributed by atoms with Crippen LogP contribution in [-0.4, -0.2) is 29.8 Å². The maximum atomic E-state index is 8.96. The molecule has 4 heterocycles. The first kappa shape index (κ1) is 15.1. The van der Waals surface area contributed by atoms with Gasteiger partial charge in [0.25, 0.3) is 0 Å². The first-order valence-corrected chi connectivity index (χ1v) is 12.3. The Morgan fingerprint density at radius 2 is 2.21 bits per heavy atom. The zero-order valence-electron chi connectivity index (χ0n) is 23.1. The summed E-state index contributed by atoms with van der Waals surface area (Å²) < 4.78 is 47.8. The zero-order valence-corrected chi connectivity index (χ0v) is 18.9. The largest absolute Gasteiger partial charge is 0.472 e. The zero-order chi connectivity index (χ0) is 24.6. The number of hydrogen-bond donors (Lipinski definition) is 1. The summed E-state index contributed by atoms with van der Waals surface area (Å²) in [7, 11) is 0. The number of hydrogen-bond acceptors (Lipinski definition) is 4. The molecule has 4 aliphatic heterocycles. The Morgan fingerprint density at radius 3 is 3.00 bits per heavy atom. The number of ether oxygens (including phenoxy) is 1. The number of aliphatic imine (C=N–C) groups is 1. The van der Waals surface area contributed by atoms with E-state index in [2.05, 4.69) is 23.3 Å². The van der Waals surface area contributed by atoms with Gasteiger partial charge < -0.3 is 10.1 Å². The Kier molecular flexibility index (Phi) is 3.88. The Bertz CT molecular complexity index is 935. The number of rotatable bonds is 2. The fourth-order valence-corrected chi connectivity index (χ4v) is 7.84. The molecule has 4 heteroatoms. The SMILES string of the molecule is [2H]C([2H])([2H])C1=NC2OC3=C([C@@H]4NCC=C5SC(C([2H])([2H])C(C)(C)C)[C@H](C)[C@@H]54)CCC[C@H]3C2CC1. The minimum atomic E-state index is -2.14. The topological polar surface area (TPSA) is 33.6 Å². The minimum Gasteiger partial charge on any atom is -0.472 e. The number of thioether (sulfide) groups is 1. The molecule has 29 heavy (non-hydrogen) atoms. The Balaban J connectivity index is 1.46. The molecule has 2 saturated heterocycles. The summed E-state index contributed by atoms with van der Waals surface area (Å²) >= 11 is 1.75. The second-order valence-corrected chi connectivity index (χ2v) is 11.7. The van der Waals surface area contributed by atoms with Gasteiger partial charge in [0.1, 0.15) is 5.76 Å². The molecule has 0 amide bonds. The van der Waals surface area contributed by atoms with E-state index in [0.29, 0.717) is 18.1 Å². The molecule has 5 rings (SSSR count). The molecule has 7 atom stereocenters. The van der Waals surface area contributed by atoms with Crippen LogP contribution in [0.25, 0.3) is 0 Å². The van der Waals surface area contributed by atoms with E-state index in [1.807, 2.05) is 20.8 Å². The summed E-state index contributed by atoms with van der Waals surface area (Å²) in [4.78, 5) is 5.91. The second kappa shape index (κ2) is 7.44. The van der Waals surface area contributed by atoms with Crippen LogP contribution in [0.4, 0.5) is 0 Å². The molecule has 3 nitrogen and oxygen atoms in total. The van der Waals surface area contributed by atoms with Crippen LogP contribution in [0.15, 0.2) is 27.3 Å². The molecule has 1 aliphatic carbocycles. The highest BCUT2D eigenvalue weighted by Gasteiger charge is 2.50. The normalized spacial score (nSPS) is 45.4. The predicted octanol–water partition coefficient (Wildman–Crippen LogP) is 5.93. The van der Waals surface area contributed by atoms with Gasteiger partial charge in [-0.15, -0.1) is 11.8 Å². The monoisotopic (exact) mass is 419 g/mol. The molecule has 0 aromatic rings. The first-order valence-electron chi connectivity index (χ1n) is 13.9. The third-order valence-corrected chi connectivity index (χ3v) is 8.84. The van der Waals surface area contributed by atoms with E-state index in [1.54, 1.807) is 11.8 Å². The first-order chi connectivity index (χ1) is 15.8. The molecule has 0 radical (unpaired) electrons. The van der Waals surface area contributed by atoms with Crippen molar-refractivity contribution in [1.29, 1.82) is 0 Å². The van der Waals surface area contributed by atoms with Crippen LogP contribution in [0.1, 0.15) is 79.9 Å². The third kappa shape index (κ3) is 3.63. The predicted molar refractivity (Wildman–Crippen MR) is 123 cm³/mol. The van der Waals surface area contributed by atoms with Crippen LogP contribution in [0, 0.1) is 29.1 Å². The van der Waals surface area contributed by atoms with Crippen LogP contribution in [0.2, 0.25) is 0 Å². The molecule has 0 aromatic heterocycles. The molecular formula is C25H38N2OS. The van der Waals surface area contributed by atoms with Crippen LogP contribution in [-0.2, 0) is 4.74 Å². The summed E-state index contributed by atoms with van der Waals surface area (Å²) in [5, 5.41) is 3.66. The fourth-order valence-electron chi connectivity index (χ4n) is 6.06. The lowest BCUT2D eigenvalue weighted by Gasteiger charge is -2.37. The highest BCUT2D eigenvalue weighted by molar-refractivity contribution is 8.04. The van der Waals surface area contributed by atoms with Gasteiger partial charge in [0.05, 0.1) is 0 Å². The van der Waals surface area contributed by atoms with Crippen molar-refractivity contribution in [3.63, 3.8) is 0 Å². The Hall–Kier alpha value is -0.740. The van der Waals surface area contributed by atoms with Crippen LogP contribution < -0.4 is 5.32 Å². The molecule has 2 fully saturated rings. The standard InChI is InChI=1S/C25H38N2OS/c1-14-9-10-17-16-7-6-8-18(23(16)28-24(17)27-14)22-21-15(2)20(13-25(3,4)5)29-19(21)11-12-26-22/h11,15-17,20-22,24,26H,6-10,12-13H2,1-5H3/t15-,16-,17?,20?,21-,22-,24?/m0/s1/i1D3,13D2. The highest BCUT2D eigenvalue weighted by atomic mass is 32.2. The summed E-state index contributed by atoms with van der Waals surface area (Å²) in [6, 6.07) is 0.146. The lowest BCUT2D eigenvalue weighted by Crippen LogP contribution is -2.45. The van der Waals surface area contributed by atoms with Gasteiger partial charge in [0.2, 0.25) is 0 Å². The summed E-state index contributed by atoms with van der Waals surface area (Å²) in [6.45, 7) is 6.89. The van der Waals surface area contributed by atoms with Gasteiger partial charge in [-0.25, -0.2) is 0 Å². The van der Waals surface area contributed by atoms with E-state index in [9.17, 15) is 0 Å². The van der Waals surface area contributed by atoms with Crippen molar-refractivity contribution in [1.82, 2.24) is 5.32 Å². The molecule has 5 aliphatic rings. The van der Waals surface area contributed by atoms with E-state index < -0.39 is 18.6 Å². The quantitative estimate of drug-likeness (QED) is 0.602. The van der Waals surface area contributed by atoms with Crippen LogP contribution in [0.5, 0.6) is 0 Å². The summed E-state index contributed by atoms with van der Waals surface area (Å²) in [6.07, 6.45) is 5.15. The molecule has 0 spiro atoms. The molecule has 0 saturated carbocycles. The van der Waals surface area contributed by atoms with Gasteiger partial charge in [-0.3, -0.25) is 4.99 Å². The Morgan fingerprint density at radius 1 is 1.34 bits per heavy atom. The maximum Gasteiger partial charge on any atom is 0.192 e. The van der Waals surface area contributed by atoms with Crippen molar-refractivity contribution in [2.45, 2.75) is 90.5 Å². The Labute approximate surface area is 188 Å². The van der Waals surface area contributed by atoms with Crippen molar-refractivity contribution in [2.24, 2.45) is 34.1 Å². The van der Waals surface area contributed by atoms with Gasteiger partial charge in [0.15, 0.2) is 6.23 Å².